The minimum atomic E-state index is 0.332. The van der Waals surface area contributed by atoms with E-state index < -0.39 is 0 Å². The van der Waals surface area contributed by atoms with Crippen LogP contribution in [0.25, 0.3) is 33.3 Å². The normalized spacial score (nSPS) is 17.8. The fourth-order valence-corrected chi connectivity index (χ4v) is 8.61. The number of para-hydroxylation sites is 1. The Kier molecular flexibility index (Phi) is 9.92. The molecule has 3 heterocycles. The highest BCUT2D eigenvalue weighted by atomic mass is 16.5. The highest BCUT2D eigenvalue weighted by molar-refractivity contribution is 6.09. The van der Waals surface area contributed by atoms with Gasteiger partial charge >= 0.3 is 0 Å². The molecule has 5 nitrogen and oxygen atoms in total. The fourth-order valence-electron chi connectivity index (χ4n) is 8.61. The maximum atomic E-state index is 6.83. The van der Waals surface area contributed by atoms with Crippen molar-refractivity contribution in [2.45, 2.75) is 106 Å². The Balaban J connectivity index is 1.35. The van der Waals surface area contributed by atoms with Gasteiger partial charge in [-0.25, -0.2) is 9.67 Å². The van der Waals surface area contributed by atoms with Crippen LogP contribution in [0.2, 0.25) is 0 Å². The smallest absolute Gasteiger partial charge is 0.137 e. The highest BCUT2D eigenvalue weighted by Gasteiger charge is 2.33. The second-order valence-corrected chi connectivity index (χ2v) is 15.2. The van der Waals surface area contributed by atoms with Crippen molar-refractivity contribution in [1.29, 1.82) is 0 Å². The van der Waals surface area contributed by atoms with Crippen LogP contribution in [0.3, 0.4) is 0 Å². The van der Waals surface area contributed by atoms with E-state index in [9.17, 15) is 0 Å². The Labute approximate surface area is 304 Å². The van der Waals surface area contributed by atoms with E-state index in [1.165, 1.54) is 50.8 Å². The maximum Gasteiger partial charge on any atom is 0.137 e. The molecule has 5 heteroatoms. The largest absolute Gasteiger partial charge is 0.457 e. The summed E-state index contributed by atoms with van der Waals surface area (Å²) in [6, 6.07) is 26.1. The number of hydrogen-bond acceptors (Lipinski definition) is 3. The summed E-state index contributed by atoms with van der Waals surface area (Å²) >= 11 is 0. The molecule has 0 spiro atoms. The number of pyridine rings is 1. The molecule has 0 amide bonds. The van der Waals surface area contributed by atoms with Gasteiger partial charge in [-0.3, -0.25) is 4.57 Å². The number of aromatic nitrogens is 4. The van der Waals surface area contributed by atoms with Crippen molar-refractivity contribution in [1.82, 2.24) is 19.3 Å². The molecule has 3 aromatic heterocycles. The Hall–Kier alpha value is -4.64. The summed E-state index contributed by atoms with van der Waals surface area (Å²) in [7, 11) is 0. The lowest BCUT2D eigenvalue weighted by Gasteiger charge is -2.33. The van der Waals surface area contributed by atoms with E-state index in [2.05, 4.69) is 144 Å². The van der Waals surface area contributed by atoms with Crippen molar-refractivity contribution in [2.75, 3.05) is 0 Å². The van der Waals surface area contributed by atoms with Gasteiger partial charge in [0.2, 0.25) is 0 Å². The zero-order chi connectivity index (χ0) is 35.8. The van der Waals surface area contributed by atoms with E-state index in [1.807, 2.05) is 6.20 Å². The number of hydrogen-bond donors (Lipinski definition) is 0. The first-order valence-electron chi connectivity index (χ1n) is 19.3. The minimum absolute atomic E-state index is 0.332. The average Bonchev–Trinajstić information content (AvgIpc) is 3.63. The van der Waals surface area contributed by atoms with Gasteiger partial charge in [0.25, 0.3) is 0 Å². The summed E-state index contributed by atoms with van der Waals surface area (Å²) in [5.41, 5.74) is 11.4. The van der Waals surface area contributed by atoms with E-state index in [1.54, 1.807) is 0 Å². The Morgan fingerprint density at radius 3 is 2.37 bits per heavy atom. The van der Waals surface area contributed by atoms with Gasteiger partial charge in [0, 0.05) is 46.3 Å². The van der Waals surface area contributed by atoms with Gasteiger partial charge in [0.05, 0.1) is 22.4 Å². The maximum absolute atomic E-state index is 6.83. The number of benzene rings is 3. The third kappa shape index (κ3) is 6.64. The quantitative estimate of drug-likeness (QED) is 0.128. The molecule has 0 fully saturated rings. The first-order valence-corrected chi connectivity index (χ1v) is 19.3. The summed E-state index contributed by atoms with van der Waals surface area (Å²) in [5.74, 6) is 4.51. The van der Waals surface area contributed by atoms with Crippen LogP contribution in [-0.2, 0) is 19.3 Å². The van der Waals surface area contributed by atoms with Crippen LogP contribution in [0, 0.1) is 11.8 Å². The molecule has 1 aliphatic carbocycles. The van der Waals surface area contributed by atoms with Crippen molar-refractivity contribution < 1.29 is 4.74 Å². The lowest BCUT2D eigenvalue weighted by molar-refractivity contribution is 0.389. The molecule has 1 unspecified atom stereocenters. The molecule has 0 saturated heterocycles. The van der Waals surface area contributed by atoms with Crippen molar-refractivity contribution >= 4 is 21.8 Å². The van der Waals surface area contributed by atoms with E-state index in [-0.39, 0.29) is 0 Å². The first kappa shape index (κ1) is 34.8. The van der Waals surface area contributed by atoms with Gasteiger partial charge in [-0.05, 0) is 104 Å². The van der Waals surface area contributed by atoms with Crippen molar-refractivity contribution in [3.8, 4) is 23.0 Å². The molecule has 0 N–H and O–H groups in total. The molecule has 0 saturated carbocycles. The molecule has 264 valence electrons. The summed E-state index contributed by atoms with van der Waals surface area (Å²) in [6.07, 6.45) is 10.7. The van der Waals surface area contributed by atoms with Crippen LogP contribution in [0.4, 0.5) is 0 Å². The number of nitrogens with zero attached hydrogens (tertiary/aromatic N) is 4. The van der Waals surface area contributed by atoms with Crippen LogP contribution in [-0.4, -0.2) is 19.3 Å². The number of ether oxygens (including phenoxy) is 1. The molecule has 0 bridgehead atoms. The van der Waals surface area contributed by atoms with Gasteiger partial charge in [0.15, 0.2) is 0 Å². The zero-order valence-electron chi connectivity index (χ0n) is 31.8. The predicted octanol–water partition coefficient (Wildman–Crippen LogP) is 12.5. The van der Waals surface area contributed by atoms with Crippen LogP contribution < -0.4 is 4.74 Å². The Morgan fingerprint density at radius 1 is 0.843 bits per heavy atom. The standard InChI is InChI=1S/C46H54N4O/c1-9-14-40-46(45-31(7)22-30(6)23-32(45)8)42(15-10-2)50(48-40)35-25-34(29(4)5)26-37(27-35)51-36-18-19-39-38-16-12-13-17-41(38)49(43(39)28-36)44-24-33(11-3)20-21-47-44/h12-13,16-22,24-30,32,45H,9-11,14-15,23H2,1-8H3/t30-,32?,45-/m0/s1. The first-order chi connectivity index (χ1) is 24.7. The van der Waals surface area contributed by atoms with Crippen molar-refractivity contribution in [2.24, 2.45) is 11.8 Å². The topological polar surface area (TPSA) is 44.9 Å². The lowest BCUT2D eigenvalue weighted by Crippen LogP contribution is -2.21. The second kappa shape index (κ2) is 14.5. The summed E-state index contributed by atoms with van der Waals surface area (Å²) in [5, 5.41) is 7.84. The molecule has 7 rings (SSSR count). The van der Waals surface area contributed by atoms with E-state index in [0.29, 0.717) is 23.7 Å². The molecule has 6 aromatic rings. The van der Waals surface area contributed by atoms with Crippen LogP contribution in [0.1, 0.15) is 115 Å². The number of rotatable bonds is 11. The third-order valence-corrected chi connectivity index (χ3v) is 10.9. The summed E-state index contributed by atoms with van der Waals surface area (Å²) in [6.45, 7) is 18.4. The SMILES string of the molecule is CCCc1nn(-c2cc(Oc3ccc4c5ccccc5n(-c5cc(CC)ccn5)c4c3)cc(C(C)C)c2)c(CCC)c1[C@H]1C(C)=C[C@H](C)CC1C. The third-order valence-electron chi connectivity index (χ3n) is 10.9. The molecule has 3 aromatic carbocycles. The molecule has 0 aliphatic heterocycles. The molecular weight excluding hydrogens is 625 g/mol. The van der Waals surface area contributed by atoms with Gasteiger partial charge < -0.3 is 4.74 Å². The number of fused-ring (bicyclic) bond motifs is 3. The summed E-state index contributed by atoms with van der Waals surface area (Å²) in [4.78, 5) is 4.82. The molecule has 0 radical (unpaired) electrons. The van der Waals surface area contributed by atoms with Crippen molar-refractivity contribution in [3.63, 3.8) is 0 Å². The zero-order valence-corrected chi connectivity index (χ0v) is 31.8. The van der Waals surface area contributed by atoms with Crippen LogP contribution in [0.5, 0.6) is 11.5 Å². The number of allylic oxidation sites excluding steroid dienone is 2. The van der Waals surface area contributed by atoms with E-state index >= 15 is 0 Å². The van der Waals surface area contributed by atoms with E-state index in [4.69, 9.17) is 14.8 Å². The van der Waals surface area contributed by atoms with Gasteiger partial charge in [-0.15, -0.1) is 0 Å². The Morgan fingerprint density at radius 2 is 1.63 bits per heavy atom. The predicted molar refractivity (Wildman–Crippen MR) is 213 cm³/mol. The summed E-state index contributed by atoms with van der Waals surface area (Å²) < 4.78 is 11.4. The van der Waals surface area contributed by atoms with Gasteiger partial charge in [-0.1, -0.05) is 91.2 Å². The van der Waals surface area contributed by atoms with E-state index in [0.717, 1.165) is 66.1 Å². The van der Waals surface area contributed by atoms with Gasteiger partial charge in [0.1, 0.15) is 17.3 Å². The minimum Gasteiger partial charge on any atom is -0.457 e. The van der Waals surface area contributed by atoms with Crippen LogP contribution in [0.15, 0.2) is 90.6 Å². The van der Waals surface area contributed by atoms with Crippen LogP contribution >= 0.6 is 0 Å². The molecule has 1 aliphatic rings. The average molecular weight is 679 g/mol. The lowest BCUT2D eigenvalue weighted by atomic mass is 9.72. The molecule has 3 atom stereocenters. The Bertz CT molecular complexity index is 2220. The highest BCUT2D eigenvalue weighted by Crippen LogP contribution is 2.44. The molecule has 51 heavy (non-hydrogen) atoms. The van der Waals surface area contributed by atoms with Crippen molar-refractivity contribution in [3.05, 3.63) is 119 Å². The fraction of sp³-hybridized carbons (Fsp3) is 0.391. The second-order valence-electron chi connectivity index (χ2n) is 15.2. The number of aryl methyl sites for hydroxylation is 2. The van der Waals surface area contributed by atoms with Gasteiger partial charge in [-0.2, -0.15) is 5.10 Å². The molecular formula is C46H54N4O. The monoisotopic (exact) mass is 678 g/mol.